The molecule has 0 unspecified atom stereocenters. The molecule has 0 aliphatic carbocycles. The molecule has 7 nitrogen and oxygen atoms in total. The molecule has 0 atom stereocenters. The van der Waals surface area contributed by atoms with Gasteiger partial charge >= 0.3 is 0 Å². The zero-order valence-electron chi connectivity index (χ0n) is 15.5. The maximum atomic E-state index is 12.3. The van der Waals surface area contributed by atoms with Crippen molar-refractivity contribution >= 4 is 28.6 Å². The molecule has 0 aliphatic heterocycles. The van der Waals surface area contributed by atoms with E-state index in [0.717, 1.165) is 18.4 Å². The summed E-state index contributed by atoms with van der Waals surface area (Å²) in [5, 5.41) is 18.0. The zero-order chi connectivity index (χ0) is 19.6. The van der Waals surface area contributed by atoms with Gasteiger partial charge in [0.1, 0.15) is 5.69 Å². The topological polar surface area (TPSA) is 90.7 Å². The molecule has 146 valence electrons. The van der Waals surface area contributed by atoms with E-state index in [4.69, 9.17) is 9.47 Å². The number of nitro groups is 1. The SMILES string of the molecule is CCCOc1cc(NC(=O)CCc2ccsc2)c([N+](=O)[O-])cc1OCCC. The Morgan fingerprint density at radius 2 is 1.85 bits per heavy atom. The minimum atomic E-state index is -0.531. The maximum Gasteiger partial charge on any atom is 0.296 e. The van der Waals surface area contributed by atoms with Gasteiger partial charge in [-0.3, -0.25) is 14.9 Å². The molecule has 8 heteroatoms. The predicted molar refractivity (Wildman–Crippen MR) is 106 cm³/mol. The average molecular weight is 392 g/mol. The van der Waals surface area contributed by atoms with E-state index in [9.17, 15) is 14.9 Å². The first-order valence-electron chi connectivity index (χ1n) is 8.94. The minimum Gasteiger partial charge on any atom is -0.490 e. The summed E-state index contributed by atoms with van der Waals surface area (Å²) in [6, 6.07) is 4.74. The van der Waals surface area contributed by atoms with E-state index in [2.05, 4.69) is 5.32 Å². The van der Waals surface area contributed by atoms with Crippen molar-refractivity contribution in [2.24, 2.45) is 0 Å². The molecule has 0 fully saturated rings. The van der Waals surface area contributed by atoms with Crippen LogP contribution in [0.4, 0.5) is 11.4 Å². The van der Waals surface area contributed by atoms with Crippen LogP contribution in [0.25, 0.3) is 0 Å². The number of carbonyl (C=O) groups excluding carboxylic acids is 1. The first-order chi connectivity index (χ1) is 13.0. The van der Waals surface area contributed by atoms with E-state index in [0.29, 0.717) is 31.1 Å². The van der Waals surface area contributed by atoms with Crippen LogP contribution >= 0.6 is 11.3 Å². The van der Waals surface area contributed by atoms with Gasteiger partial charge in [-0.05, 0) is 41.7 Å². The zero-order valence-corrected chi connectivity index (χ0v) is 16.3. The first-order valence-corrected chi connectivity index (χ1v) is 9.88. The summed E-state index contributed by atoms with van der Waals surface area (Å²) in [7, 11) is 0. The standard InChI is InChI=1S/C19H24N2O5S/c1-3-8-25-17-11-15(16(21(23)24)12-18(17)26-9-4-2)20-19(22)6-5-14-7-10-27-13-14/h7,10-13H,3-6,8-9H2,1-2H3,(H,20,22). The highest BCUT2D eigenvalue weighted by molar-refractivity contribution is 7.07. The minimum absolute atomic E-state index is 0.116. The molecule has 0 saturated carbocycles. The molecule has 1 heterocycles. The highest BCUT2D eigenvalue weighted by Gasteiger charge is 2.21. The van der Waals surface area contributed by atoms with E-state index in [-0.39, 0.29) is 23.7 Å². The van der Waals surface area contributed by atoms with Crippen LogP contribution in [0.3, 0.4) is 0 Å². The molecule has 1 aromatic heterocycles. The van der Waals surface area contributed by atoms with Gasteiger partial charge in [0.2, 0.25) is 5.91 Å². The fourth-order valence-electron chi connectivity index (χ4n) is 2.36. The van der Waals surface area contributed by atoms with Gasteiger partial charge in [0, 0.05) is 12.5 Å². The number of thiophene rings is 1. The van der Waals surface area contributed by atoms with Crippen LogP contribution in [-0.4, -0.2) is 24.0 Å². The van der Waals surface area contributed by atoms with Crippen LogP contribution in [-0.2, 0) is 11.2 Å². The quantitative estimate of drug-likeness (QED) is 0.438. The second kappa shape index (κ2) is 10.5. The van der Waals surface area contributed by atoms with Crippen LogP contribution in [0, 0.1) is 10.1 Å². The van der Waals surface area contributed by atoms with Gasteiger partial charge in [0.15, 0.2) is 11.5 Å². The number of hydrogen-bond acceptors (Lipinski definition) is 6. The van der Waals surface area contributed by atoms with E-state index in [1.165, 1.54) is 12.1 Å². The molecule has 2 rings (SSSR count). The maximum absolute atomic E-state index is 12.3. The Labute approximate surface area is 162 Å². The Morgan fingerprint density at radius 1 is 1.19 bits per heavy atom. The molecule has 2 aromatic rings. The highest BCUT2D eigenvalue weighted by atomic mass is 32.1. The Bertz CT molecular complexity index is 762. The van der Waals surface area contributed by atoms with Gasteiger partial charge in [-0.15, -0.1) is 0 Å². The number of rotatable bonds is 11. The van der Waals surface area contributed by atoms with Crippen molar-refractivity contribution in [3.63, 3.8) is 0 Å². The number of carbonyl (C=O) groups is 1. The predicted octanol–water partition coefficient (Wildman–Crippen LogP) is 4.81. The second-order valence-electron chi connectivity index (χ2n) is 5.95. The lowest BCUT2D eigenvalue weighted by molar-refractivity contribution is -0.384. The van der Waals surface area contributed by atoms with Crippen LogP contribution in [0.2, 0.25) is 0 Å². The number of nitrogens with zero attached hydrogens (tertiary/aromatic N) is 1. The summed E-state index contributed by atoms with van der Waals surface area (Å²) in [4.78, 5) is 23.2. The first kappa shape index (κ1) is 20.7. The molecule has 27 heavy (non-hydrogen) atoms. The van der Waals surface area contributed by atoms with Gasteiger partial charge in [-0.25, -0.2) is 0 Å². The van der Waals surface area contributed by atoms with E-state index < -0.39 is 4.92 Å². The number of amides is 1. The second-order valence-corrected chi connectivity index (χ2v) is 6.73. The number of nitrogens with one attached hydrogen (secondary N) is 1. The smallest absolute Gasteiger partial charge is 0.296 e. The molecular formula is C19H24N2O5S. The third-order valence-corrected chi connectivity index (χ3v) is 4.41. The molecule has 1 aromatic carbocycles. The lowest BCUT2D eigenvalue weighted by Gasteiger charge is -2.14. The Morgan fingerprint density at radius 3 is 2.41 bits per heavy atom. The van der Waals surface area contributed by atoms with Gasteiger partial charge in [0.05, 0.1) is 24.2 Å². The summed E-state index contributed by atoms with van der Waals surface area (Å²) >= 11 is 1.57. The third kappa shape index (κ3) is 6.25. The van der Waals surface area contributed by atoms with Gasteiger partial charge in [-0.2, -0.15) is 11.3 Å². The van der Waals surface area contributed by atoms with Crippen molar-refractivity contribution in [2.75, 3.05) is 18.5 Å². The number of nitro benzene ring substituents is 1. The molecular weight excluding hydrogens is 368 g/mol. The van der Waals surface area contributed by atoms with Crippen molar-refractivity contribution in [3.8, 4) is 11.5 Å². The van der Waals surface area contributed by atoms with Crippen molar-refractivity contribution in [1.29, 1.82) is 0 Å². The summed E-state index contributed by atoms with van der Waals surface area (Å²) in [5.41, 5.74) is 0.971. The van der Waals surface area contributed by atoms with Gasteiger partial charge in [-0.1, -0.05) is 13.8 Å². The van der Waals surface area contributed by atoms with Crippen molar-refractivity contribution < 1.29 is 19.2 Å². The monoisotopic (exact) mass is 392 g/mol. The van der Waals surface area contributed by atoms with Crippen molar-refractivity contribution in [3.05, 3.63) is 44.6 Å². The molecule has 0 bridgehead atoms. The van der Waals surface area contributed by atoms with E-state index in [1.54, 1.807) is 11.3 Å². The van der Waals surface area contributed by atoms with E-state index in [1.807, 2.05) is 30.7 Å². The fourth-order valence-corrected chi connectivity index (χ4v) is 3.06. The Hall–Kier alpha value is -2.61. The van der Waals surface area contributed by atoms with Crippen LogP contribution in [0.15, 0.2) is 29.0 Å². The summed E-state index contributed by atoms with van der Waals surface area (Å²) < 4.78 is 11.3. The number of hydrogen-bond donors (Lipinski definition) is 1. The van der Waals surface area contributed by atoms with Crippen molar-refractivity contribution in [1.82, 2.24) is 0 Å². The average Bonchev–Trinajstić information content (AvgIpc) is 3.17. The highest BCUT2D eigenvalue weighted by Crippen LogP contribution is 2.38. The molecule has 1 N–H and O–H groups in total. The van der Waals surface area contributed by atoms with E-state index >= 15 is 0 Å². The summed E-state index contributed by atoms with van der Waals surface area (Å²) in [6.07, 6.45) is 2.38. The summed E-state index contributed by atoms with van der Waals surface area (Å²) in [6.45, 7) is 4.78. The number of aryl methyl sites for hydroxylation is 1. The largest absolute Gasteiger partial charge is 0.490 e. The van der Waals surface area contributed by atoms with Crippen molar-refractivity contribution in [2.45, 2.75) is 39.5 Å². The molecule has 0 saturated heterocycles. The molecule has 0 radical (unpaired) electrons. The number of anilines is 1. The van der Waals surface area contributed by atoms with Crippen LogP contribution < -0.4 is 14.8 Å². The van der Waals surface area contributed by atoms with Gasteiger partial charge < -0.3 is 14.8 Å². The molecule has 0 spiro atoms. The van der Waals surface area contributed by atoms with Gasteiger partial charge in [0.25, 0.3) is 5.69 Å². The summed E-state index contributed by atoms with van der Waals surface area (Å²) in [5.74, 6) is 0.422. The Balaban J connectivity index is 2.20. The number of ether oxygens (including phenoxy) is 2. The lowest BCUT2D eigenvalue weighted by atomic mass is 10.1. The third-order valence-electron chi connectivity index (χ3n) is 3.68. The van der Waals surface area contributed by atoms with Crippen LogP contribution in [0.1, 0.15) is 38.7 Å². The fraction of sp³-hybridized carbons (Fsp3) is 0.421. The normalized spacial score (nSPS) is 10.4. The number of benzene rings is 1. The Kier molecular flexibility index (Phi) is 8.06. The molecule has 1 amide bonds. The lowest BCUT2D eigenvalue weighted by Crippen LogP contribution is -2.14. The molecule has 0 aliphatic rings. The van der Waals surface area contributed by atoms with Crippen LogP contribution in [0.5, 0.6) is 11.5 Å².